The molecule has 0 saturated heterocycles. The summed E-state index contributed by atoms with van der Waals surface area (Å²) in [6.45, 7) is 10.5. The van der Waals surface area contributed by atoms with Crippen LogP contribution >= 0.6 is 0 Å². The van der Waals surface area contributed by atoms with Gasteiger partial charge in [-0.05, 0) is 55.3 Å². The van der Waals surface area contributed by atoms with Gasteiger partial charge in [0.2, 0.25) is 5.91 Å². The Morgan fingerprint density at radius 3 is 2.21 bits per heavy atom. The molecular weight excluding hydrogens is 428 g/mol. The summed E-state index contributed by atoms with van der Waals surface area (Å²) in [5.41, 5.74) is 3.18. The van der Waals surface area contributed by atoms with Gasteiger partial charge in [-0.25, -0.2) is 4.68 Å². The zero-order valence-electron chi connectivity index (χ0n) is 20.9. The molecule has 7 heteroatoms. The third-order valence-electron chi connectivity index (χ3n) is 5.67. The van der Waals surface area contributed by atoms with Gasteiger partial charge >= 0.3 is 0 Å². The van der Waals surface area contributed by atoms with Crippen LogP contribution in [0.4, 0.5) is 5.82 Å². The molecule has 0 fully saturated rings. The molecule has 2 aromatic carbocycles. The lowest BCUT2D eigenvalue weighted by atomic mass is 9.92. The van der Waals surface area contributed by atoms with Crippen molar-refractivity contribution in [3.8, 4) is 11.4 Å². The van der Waals surface area contributed by atoms with Gasteiger partial charge in [0.05, 0.1) is 18.5 Å². The van der Waals surface area contributed by atoms with Gasteiger partial charge in [0.25, 0.3) is 5.91 Å². The number of likely N-dealkylation sites (N-methyl/N-ethyl adjacent to an activating group) is 1. The minimum atomic E-state index is -0.282. The first-order valence-electron chi connectivity index (χ1n) is 11.6. The number of rotatable bonds is 8. The maximum absolute atomic E-state index is 13.0. The standard InChI is InChI=1S/C27H34N4O3/c1-7-19-9-11-20(12-10-19)26(33)30(8-2)18-25(32)28-24-17-23(27(3,4)5)29-31(24)21-13-15-22(34-6)16-14-21/h9-17H,7-8,18H2,1-6H3,(H,28,32). The molecule has 1 heterocycles. The average molecular weight is 463 g/mol. The van der Waals surface area contributed by atoms with Crippen LogP contribution in [-0.4, -0.2) is 46.7 Å². The number of nitrogens with zero attached hydrogens (tertiary/aromatic N) is 3. The van der Waals surface area contributed by atoms with E-state index in [0.717, 1.165) is 23.6 Å². The Morgan fingerprint density at radius 1 is 1.03 bits per heavy atom. The summed E-state index contributed by atoms with van der Waals surface area (Å²) in [4.78, 5) is 27.5. The fraction of sp³-hybridized carbons (Fsp3) is 0.370. The SMILES string of the molecule is CCc1ccc(C(=O)N(CC)CC(=O)Nc2cc(C(C)(C)C)nn2-c2ccc(OC)cc2)cc1. The van der Waals surface area contributed by atoms with E-state index >= 15 is 0 Å². The van der Waals surface area contributed by atoms with Gasteiger partial charge in [0.1, 0.15) is 18.1 Å². The molecule has 0 bridgehead atoms. The summed E-state index contributed by atoms with van der Waals surface area (Å²) in [5, 5.41) is 7.70. The molecule has 0 saturated carbocycles. The summed E-state index contributed by atoms with van der Waals surface area (Å²) in [7, 11) is 1.62. The monoisotopic (exact) mass is 462 g/mol. The second-order valence-corrected chi connectivity index (χ2v) is 9.19. The molecule has 0 atom stereocenters. The quantitative estimate of drug-likeness (QED) is 0.520. The number of carbonyl (C=O) groups excluding carboxylic acids is 2. The molecule has 0 aliphatic heterocycles. The smallest absolute Gasteiger partial charge is 0.254 e. The number of anilines is 1. The number of methoxy groups -OCH3 is 1. The fourth-order valence-electron chi connectivity index (χ4n) is 3.51. The van der Waals surface area contributed by atoms with Gasteiger partial charge in [-0.3, -0.25) is 9.59 Å². The summed E-state index contributed by atoms with van der Waals surface area (Å²) in [6.07, 6.45) is 0.910. The topological polar surface area (TPSA) is 76.5 Å². The molecule has 0 unspecified atom stereocenters. The number of carbonyl (C=O) groups is 2. The van der Waals surface area contributed by atoms with E-state index in [-0.39, 0.29) is 23.8 Å². The van der Waals surface area contributed by atoms with Crippen molar-refractivity contribution in [2.45, 2.75) is 46.5 Å². The van der Waals surface area contributed by atoms with Crippen molar-refractivity contribution < 1.29 is 14.3 Å². The van der Waals surface area contributed by atoms with Crippen LogP contribution in [0.15, 0.2) is 54.6 Å². The third-order valence-corrected chi connectivity index (χ3v) is 5.67. The van der Waals surface area contributed by atoms with E-state index in [1.807, 2.05) is 61.5 Å². The molecule has 1 N–H and O–H groups in total. The average Bonchev–Trinajstić information content (AvgIpc) is 3.26. The van der Waals surface area contributed by atoms with Crippen LogP contribution in [0.5, 0.6) is 5.75 Å². The number of aryl methyl sites for hydroxylation is 1. The second kappa shape index (κ2) is 10.5. The van der Waals surface area contributed by atoms with Crippen molar-refractivity contribution in [2.75, 3.05) is 25.5 Å². The molecule has 3 rings (SSSR count). The van der Waals surface area contributed by atoms with Crippen LogP contribution in [0.3, 0.4) is 0 Å². The molecule has 0 radical (unpaired) electrons. The molecule has 0 aliphatic rings. The number of amides is 2. The lowest BCUT2D eigenvalue weighted by Crippen LogP contribution is -2.38. The van der Waals surface area contributed by atoms with E-state index in [2.05, 4.69) is 33.0 Å². The van der Waals surface area contributed by atoms with Crippen LogP contribution in [0.25, 0.3) is 5.69 Å². The van der Waals surface area contributed by atoms with Gasteiger partial charge in [0.15, 0.2) is 0 Å². The fourth-order valence-corrected chi connectivity index (χ4v) is 3.51. The maximum atomic E-state index is 13.0. The molecule has 0 spiro atoms. The second-order valence-electron chi connectivity index (χ2n) is 9.19. The predicted octanol–water partition coefficient (Wildman–Crippen LogP) is 4.84. The molecule has 3 aromatic rings. The van der Waals surface area contributed by atoms with Crippen molar-refractivity contribution in [3.63, 3.8) is 0 Å². The molecular formula is C27H34N4O3. The Morgan fingerprint density at radius 2 is 1.68 bits per heavy atom. The van der Waals surface area contributed by atoms with Crippen molar-refractivity contribution in [3.05, 3.63) is 71.4 Å². The van der Waals surface area contributed by atoms with Crippen LogP contribution in [0, 0.1) is 0 Å². The van der Waals surface area contributed by atoms with E-state index in [1.165, 1.54) is 10.5 Å². The minimum Gasteiger partial charge on any atom is -0.497 e. The van der Waals surface area contributed by atoms with Crippen molar-refractivity contribution in [1.29, 1.82) is 0 Å². The van der Waals surface area contributed by atoms with E-state index in [4.69, 9.17) is 9.84 Å². The van der Waals surface area contributed by atoms with Crippen LogP contribution < -0.4 is 10.1 Å². The van der Waals surface area contributed by atoms with Gasteiger partial charge in [-0.1, -0.05) is 39.8 Å². The number of nitrogens with one attached hydrogen (secondary N) is 1. The number of aromatic nitrogens is 2. The number of hydrogen-bond acceptors (Lipinski definition) is 4. The largest absolute Gasteiger partial charge is 0.497 e. The Hall–Kier alpha value is -3.61. The first-order valence-corrected chi connectivity index (χ1v) is 11.6. The third kappa shape index (κ3) is 5.84. The van der Waals surface area contributed by atoms with E-state index in [1.54, 1.807) is 11.8 Å². The summed E-state index contributed by atoms with van der Waals surface area (Å²) in [6, 6.07) is 16.9. The van der Waals surface area contributed by atoms with Crippen LogP contribution in [0.2, 0.25) is 0 Å². The van der Waals surface area contributed by atoms with E-state index in [0.29, 0.717) is 17.9 Å². The van der Waals surface area contributed by atoms with E-state index in [9.17, 15) is 9.59 Å². The summed E-state index contributed by atoms with van der Waals surface area (Å²) < 4.78 is 6.96. The molecule has 1 aromatic heterocycles. The number of ether oxygens (including phenoxy) is 1. The zero-order chi connectivity index (χ0) is 24.9. The maximum Gasteiger partial charge on any atom is 0.254 e. The van der Waals surface area contributed by atoms with Crippen molar-refractivity contribution in [2.24, 2.45) is 0 Å². The first-order chi connectivity index (χ1) is 16.2. The highest BCUT2D eigenvalue weighted by atomic mass is 16.5. The molecule has 0 aliphatic carbocycles. The summed E-state index contributed by atoms with van der Waals surface area (Å²) >= 11 is 0. The first kappa shape index (κ1) is 25.0. The molecule has 7 nitrogen and oxygen atoms in total. The Labute approximate surface area is 201 Å². The van der Waals surface area contributed by atoms with Gasteiger partial charge < -0.3 is 15.0 Å². The summed E-state index contributed by atoms with van der Waals surface area (Å²) in [5.74, 6) is 0.840. The Kier molecular flexibility index (Phi) is 7.76. The van der Waals surface area contributed by atoms with Crippen LogP contribution in [-0.2, 0) is 16.6 Å². The minimum absolute atomic E-state index is 0.0521. The molecule has 2 amide bonds. The highest BCUT2D eigenvalue weighted by Crippen LogP contribution is 2.27. The lowest BCUT2D eigenvalue weighted by molar-refractivity contribution is -0.116. The van der Waals surface area contributed by atoms with Crippen molar-refractivity contribution in [1.82, 2.24) is 14.7 Å². The van der Waals surface area contributed by atoms with Gasteiger partial charge in [-0.15, -0.1) is 0 Å². The van der Waals surface area contributed by atoms with E-state index < -0.39 is 0 Å². The zero-order valence-corrected chi connectivity index (χ0v) is 20.9. The predicted molar refractivity (Wildman–Crippen MR) is 135 cm³/mol. The lowest BCUT2D eigenvalue weighted by Gasteiger charge is -2.20. The number of hydrogen-bond donors (Lipinski definition) is 1. The van der Waals surface area contributed by atoms with Crippen molar-refractivity contribution >= 4 is 17.6 Å². The van der Waals surface area contributed by atoms with Gasteiger partial charge in [0, 0.05) is 23.6 Å². The molecule has 34 heavy (non-hydrogen) atoms. The normalized spacial score (nSPS) is 11.2. The Balaban J connectivity index is 1.81. The molecule has 180 valence electrons. The van der Waals surface area contributed by atoms with Gasteiger partial charge in [-0.2, -0.15) is 5.10 Å². The Bertz CT molecular complexity index is 1130. The van der Waals surface area contributed by atoms with Crippen LogP contribution in [0.1, 0.15) is 56.2 Å². The highest BCUT2D eigenvalue weighted by Gasteiger charge is 2.23. The number of benzene rings is 2. The highest BCUT2D eigenvalue weighted by molar-refractivity contribution is 5.99.